The Hall–Kier alpha value is -0.760. The second-order valence-electron chi connectivity index (χ2n) is 1.70. The highest BCUT2D eigenvalue weighted by atomic mass is 35.5. The van der Waals surface area contributed by atoms with E-state index in [1.165, 1.54) is 12.1 Å². The van der Waals surface area contributed by atoms with Crippen molar-refractivity contribution in [2.24, 2.45) is 0 Å². The van der Waals surface area contributed by atoms with Crippen LogP contribution in [0.15, 0.2) is 18.2 Å². The molecule has 53 valence electrons. The summed E-state index contributed by atoms with van der Waals surface area (Å²) in [6, 6.07) is 4.30. The molecular formula is C7H5ClFO. The topological polar surface area (TPSA) is 9.23 Å². The first-order valence-corrected chi connectivity index (χ1v) is 2.99. The van der Waals surface area contributed by atoms with Gasteiger partial charge in [-0.25, -0.2) is 4.39 Å². The van der Waals surface area contributed by atoms with Crippen LogP contribution in [0.25, 0.3) is 0 Å². The highest BCUT2D eigenvalue weighted by Crippen LogP contribution is 2.26. The van der Waals surface area contributed by atoms with Crippen molar-refractivity contribution in [1.82, 2.24) is 0 Å². The number of rotatable bonds is 1. The zero-order chi connectivity index (χ0) is 7.56. The lowest BCUT2D eigenvalue weighted by atomic mass is 10.3. The van der Waals surface area contributed by atoms with Gasteiger partial charge in [-0.05, 0) is 12.1 Å². The van der Waals surface area contributed by atoms with Crippen LogP contribution in [0.3, 0.4) is 0 Å². The molecular weight excluding hydrogens is 155 g/mol. The van der Waals surface area contributed by atoms with E-state index in [1.807, 2.05) is 0 Å². The number of ether oxygens (including phenoxy) is 1. The minimum atomic E-state index is -0.497. The summed E-state index contributed by atoms with van der Waals surface area (Å²) in [6.07, 6.45) is 0. The summed E-state index contributed by atoms with van der Waals surface area (Å²) in [6.45, 7) is 0. The van der Waals surface area contributed by atoms with Crippen molar-refractivity contribution in [3.8, 4) is 5.75 Å². The van der Waals surface area contributed by atoms with Crippen LogP contribution in [0.2, 0.25) is 5.02 Å². The first kappa shape index (κ1) is 7.35. The predicted molar refractivity (Wildman–Crippen MR) is 37.4 cm³/mol. The van der Waals surface area contributed by atoms with Crippen molar-refractivity contribution in [3.05, 3.63) is 36.1 Å². The van der Waals surface area contributed by atoms with Gasteiger partial charge in [-0.2, -0.15) is 0 Å². The second kappa shape index (κ2) is 2.88. The summed E-state index contributed by atoms with van der Waals surface area (Å²) in [5.41, 5.74) is 0. The standard InChI is InChI=1S/C7H5ClFO/c1-10-6-4-2-3-5(9)7(6)8/h2-4H,1H2. The van der Waals surface area contributed by atoms with Crippen LogP contribution >= 0.6 is 11.6 Å². The van der Waals surface area contributed by atoms with Gasteiger partial charge in [0.05, 0.1) is 0 Å². The van der Waals surface area contributed by atoms with Gasteiger partial charge >= 0.3 is 0 Å². The average molecular weight is 160 g/mol. The Kier molecular flexibility index (Phi) is 2.12. The van der Waals surface area contributed by atoms with E-state index in [0.717, 1.165) is 0 Å². The molecule has 0 unspecified atom stereocenters. The molecule has 0 aromatic heterocycles. The number of benzene rings is 1. The molecule has 0 aliphatic rings. The zero-order valence-electron chi connectivity index (χ0n) is 5.10. The quantitative estimate of drug-likeness (QED) is 0.612. The number of hydrogen-bond donors (Lipinski definition) is 0. The lowest BCUT2D eigenvalue weighted by Gasteiger charge is -2.00. The number of halogens is 2. The van der Waals surface area contributed by atoms with E-state index in [4.69, 9.17) is 11.6 Å². The predicted octanol–water partition coefficient (Wildman–Crippen LogP) is 2.65. The molecule has 0 saturated heterocycles. The summed E-state index contributed by atoms with van der Waals surface area (Å²) in [7, 11) is 3.11. The molecule has 1 nitrogen and oxygen atoms in total. The van der Waals surface area contributed by atoms with Crippen LogP contribution in [0.1, 0.15) is 0 Å². The molecule has 1 aromatic carbocycles. The van der Waals surface area contributed by atoms with E-state index in [1.54, 1.807) is 6.07 Å². The lowest BCUT2D eigenvalue weighted by molar-refractivity contribution is 0.468. The Morgan fingerprint density at radius 2 is 2.20 bits per heavy atom. The van der Waals surface area contributed by atoms with Crippen molar-refractivity contribution >= 4 is 11.6 Å². The molecule has 0 fully saturated rings. The molecule has 0 spiro atoms. The molecule has 0 heterocycles. The maximum Gasteiger partial charge on any atom is 0.145 e. The van der Waals surface area contributed by atoms with Crippen molar-refractivity contribution in [2.75, 3.05) is 0 Å². The van der Waals surface area contributed by atoms with Crippen LogP contribution in [0.5, 0.6) is 5.75 Å². The Bertz CT molecular complexity index is 237. The second-order valence-corrected chi connectivity index (χ2v) is 2.07. The smallest absolute Gasteiger partial charge is 0.145 e. The van der Waals surface area contributed by atoms with Crippen LogP contribution < -0.4 is 4.74 Å². The zero-order valence-corrected chi connectivity index (χ0v) is 5.86. The van der Waals surface area contributed by atoms with Gasteiger partial charge in [-0.3, -0.25) is 0 Å². The van der Waals surface area contributed by atoms with E-state index in [2.05, 4.69) is 11.8 Å². The molecule has 0 N–H and O–H groups in total. The molecule has 1 aromatic rings. The van der Waals surface area contributed by atoms with Gasteiger partial charge in [-0.1, -0.05) is 17.7 Å². The third-order valence-corrected chi connectivity index (χ3v) is 1.44. The molecule has 0 aliphatic heterocycles. The molecule has 0 aliphatic carbocycles. The summed E-state index contributed by atoms with van der Waals surface area (Å²) in [5.74, 6) is -0.246. The fourth-order valence-corrected chi connectivity index (χ4v) is 0.776. The maximum atomic E-state index is 12.5. The van der Waals surface area contributed by atoms with E-state index >= 15 is 0 Å². The molecule has 10 heavy (non-hydrogen) atoms. The van der Waals surface area contributed by atoms with Gasteiger partial charge in [0.1, 0.15) is 23.7 Å². The van der Waals surface area contributed by atoms with Crippen molar-refractivity contribution in [1.29, 1.82) is 0 Å². The maximum absolute atomic E-state index is 12.5. The minimum absolute atomic E-state index is 0.0301. The highest BCUT2D eigenvalue weighted by molar-refractivity contribution is 6.32. The minimum Gasteiger partial charge on any atom is -0.488 e. The summed E-state index contributed by atoms with van der Waals surface area (Å²) in [5, 5.41) is -0.0301. The molecule has 3 heteroatoms. The van der Waals surface area contributed by atoms with Gasteiger partial charge in [0, 0.05) is 0 Å². The van der Waals surface area contributed by atoms with Crippen molar-refractivity contribution in [2.45, 2.75) is 0 Å². The van der Waals surface area contributed by atoms with E-state index in [0.29, 0.717) is 0 Å². The van der Waals surface area contributed by atoms with Crippen LogP contribution in [-0.4, -0.2) is 0 Å². The van der Waals surface area contributed by atoms with Gasteiger partial charge in [-0.15, -0.1) is 0 Å². The van der Waals surface area contributed by atoms with Crippen LogP contribution in [0, 0.1) is 12.9 Å². The lowest BCUT2D eigenvalue weighted by Crippen LogP contribution is -1.83. The van der Waals surface area contributed by atoms with Crippen molar-refractivity contribution < 1.29 is 9.13 Å². The largest absolute Gasteiger partial charge is 0.488 e. The summed E-state index contributed by atoms with van der Waals surface area (Å²) < 4.78 is 17.0. The SMILES string of the molecule is [CH2]Oc1cccc(F)c1Cl. The first-order valence-electron chi connectivity index (χ1n) is 2.61. The van der Waals surface area contributed by atoms with Gasteiger partial charge in [0.15, 0.2) is 0 Å². The summed E-state index contributed by atoms with van der Waals surface area (Å²) in [4.78, 5) is 0. The molecule has 0 bridgehead atoms. The third kappa shape index (κ3) is 1.21. The Morgan fingerprint density at radius 3 is 2.70 bits per heavy atom. The van der Waals surface area contributed by atoms with Crippen LogP contribution in [-0.2, 0) is 0 Å². The Morgan fingerprint density at radius 1 is 1.50 bits per heavy atom. The fraction of sp³-hybridized carbons (Fsp3) is 0. The van der Waals surface area contributed by atoms with E-state index in [-0.39, 0.29) is 10.8 Å². The first-order chi connectivity index (χ1) is 4.75. The van der Waals surface area contributed by atoms with Gasteiger partial charge < -0.3 is 4.74 Å². The molecule has 0 atom stereocenters. The van der Waals surface area contributed by atoms with E-state index < -0.39 is 5.82 Å². The number of hydrogen-bond acceptors (Lipinski definition) is 1. The van der Waals surface area contributed by atoms with Crippen LogP contribution in [0.4, 0.5) is 4.39 Å². The normalized spacial score (nSPS) is 9.50. The summed E-state index contributed by atoms with van der Waals surface area (Å²) >= 11 is 5.45. The van der Waals surface area contributed by atoms with E-state index in [9.17, 15) is 4.39 Å². The molecule has 0 amide bonds. The highest BCUT2D eigenvalue weighted by Gasteiger charge is 2.03. The Labute approximate surface area is 63.4 Å². The fourth-order valence-electron chi connectivity index (χ4n) is 0.595. The monoisotopic (exact) mass is 159 g/mol. The third-order valence-electron chi connectivity index (χ3n) is 1.07. The van der Waals surface area contributed by atoms with Gasteiger partial charge in [0.25, 0.3) is 0 Å². The average Bonchev–Trinajstić information content (AvgIpc) is 1.95. The Balaban J connectivity index is 3.14. The molecule has 1 radical (unpaired) electrons. The van der Waals surface area contributed by atoms with Gasteiger partial charge in [0.2, 0.25) is 0 Å². The molecule has 1 rings (SSSR count). The van der Waals surface area contributed by atoms with Crippen molar-refractivity contribution in [3.63, 3.8) is 0 Å². The molecule has 0 saturated carbocycles.